The third-order valence-corrected chi connectivity index (χ3v) is 10.6. The highest BCUT2D eigenvalue weighted by molar-refractivity contribution is 7.26. The Kier molecular flexibility index (Phi) is 6.64. The Hall–Kier alpha value is -6.43. The van der Waals surface area contributed by atoms with E-state index in [1.807, 2.05) is 59.9 Å². The van der Waals surface area contributed by atoms with Crippen LogP contribution in [0.25, 0.3) is 98.5 Å². The van der Waals surface area contributed by atoms with Crippen LogP contribution in [0.1, 0.15) is 0 Å². The summed E-state index contributed by atoms with van der Waals surface area (Å²) in [7, 11) is 0. The smallest absolute Gasteiger partial charge is 0.164 e. The lowest BCUT2D eigenvalue weighted by molar-refractivity contribution is 0.669. The van der Waals surface area contributed by atoms with Crippen LogP contribution >= 0.6 is 11.3 Å². The first-order valence-corrected chi connectivity index (χ1v) is 17.4. The molecule has 10 aromatic rings. The zero-order valence-electron chi connectivity index (χ0n) is 26.7. The molecule has 0 atom stereocenters. The number of benzene rings is 7. The molecule has 0 aliphatic rings. The second-order valence-corrected chi connectivity index (χ2v) is 13.4. The summed E-state index contributed by atoms with van der Waals surface area (Å²) in [4.78, 5) is 15.3. The molecule has 0 saturated heterocycles. The molecule has 0 amide bonds. The third kappa shape index (κ3) is 4.71. The summed E-state index contributed by atoms with van der Waals surface area (Å²) < 4.78 is 9.11. The highest BCUT2D eigenvalue weighted by atomic mass is 32.1. The van der Waals surface area contributed by atoms with E-state index in [-0.39, 0.29) is 0 Å². The molecule has 0 unspecified atom stereocenters. The Bertz CT molecular complexity index is 2860. The van der Waals surface area contributed by atoms with Gasteiger partial charge in [-0.15, -0.1) is 11.3 Å². The minimum atomic E-state index is 0.601. The van der Waals surface area contributed by atoms with Crippen LogP contribution in [0.5, 0.6) is 0 Å². The van der Waals surface area contributed by atoms with E-state index in [0.29, 0.717) is 17.5 Å². The van der Waals surface area contributed by atoms with Crippen LogP contribution in [0.4, 0.5) is 0 Å². The molecule has 0 aliphatic carbocycles. The van der Waals surface area contributed by atoms with E-state index in [1.54, 1.807) is 0 Å². The van der Waals surface area contributed by atoms with E-state index >= 15 is 0 Å². The molecule has 0 radical (unpaired) electrons. The van der Waals surface area contributed by atoms with Gasteiger partial charge >= 0.3 is 0 Å². The maximum absolute atomic E-state index is 6.56. The van der Waals surface area contributed by atoms with Crippen LogP contribution in [0.2, 0.25) is 0 Å². The van der Waals surface area contributed by atoms with Crippen LogP contribution in [-0.2, 0) is 0 Å². The zero-order chi connectivity index (χ0) is 33.0. The van der Waals surface area contributed by atoms with Gasteiger partial charge in [-0.3, -0.25) is 0 Å². The molecule has 7 aromatic carbocycles. The van der Waals surface area contributed by atoms with Crippen LogP contribution in [0, 0.1) is 0 Å². The molecule has 4 nitrogen and oxygen atoms in total. The van der Waals surface area contributed by atoms with Crippen LogP contribution in [-0.4, -0.2) is 15.0 Å². The van der Waals surface area contributed by atoms with Crippen molar-refractivity contribution in [2.75, 3.05) is 0 Å². The van der Waals surface area contributed by atoms with Gasteiger partial charge in [0.15, 0.2) is 17.5 Å². The number of nitrogens with zero attached hydrogens (tertiary/aromatic N) is 3. The largest absolute Gasteiger partial charge is 0.456 e. The van der Waals surface area contributed by atoms with Crippen molar-refractivity contribution in [3.63, 3.8) is 0 Å². The maximum atomic E-state index is 6.56. The van der Waals surface area contributed by atoms with Gasteiger partial charge in [-0.1, -0.05) is 146 Å². The predicted octanol–water partition coefficient (Wildman–Crippen LogP) is 12.5. The lowest BCUT2D eigenvalue weighted by Gasteiger charge is -2.11. The highest BCUT2D eigenvalue weighted by Gasteiger charge is 2.21. The fourth-order valence-corrected chi connectivity index (χ4v) is 8.25. The average molecular weight is 658 g/mol. The van der Waals surface area contributed by atoms with Gasteiger partial charge in [-0.05, 0) is 34.9 Å². The van der Waals surface area contributed by atoms with E-state index in [0.717, 1.165) is 49.8 Å². The third-order valence-electron chi connectivity index (χ3n) is 9.38. The Morgan fingerprint density at radius 2 is 0.860 bits per heavy atom. The van der Waals surface area contributed by atoms with E-state index in [2.05, 4.69) is 115 Å². The van der Waals surface area contributed by atoms with E-state index in [1.165, 1.54) is 31.3 Å². The van der Waals surface area contributed by atoms with Crippen molar-refractivity contribution in [1.82, 2.24) is 15.0 Å². The van der Waals surface area contributed by atoms with Gasteiger partial charge in [0, 0.05) is 53.2 Å². The second kappa shape index (κ2) is 11.6. The normalized spacial score (nSPS) is 11.6. The Morgan fingerprint density at radius 1 is 0.360 bits per heavy atom. The molecule has 234 valence electrons. The van der Waals surface area contributed by atoms with Crippen molar-refractivity contribution in [1.29, 1.82) is 0 Å². The predicted molar refractivity (Wildman–Crippen MR) is 207 cm³/mol. The average Bonchev–Trinajstić information content (AvgIpc) is 3.77. The van der Waals surface area contributed by atoms with E-state index in [4.69, 9.17) is 19.4 Å². The first-order valence-electron chi connectivity index (χ1n) is 16.6. The number of fused-ring (bicyclic) bond motifs is 6. The number of rotatable bonds is 5. The standard InChI is InChI=1S/C45H27N3OS/c1-3-12-28(13-4-1)29-24-26-31(27-25-29)44-46-43(30-14-5-2-6-15-30)47-45(48-44)36-20-11-22-38-41(36)40-33(17-10-21-37(40)49-38)35-19-9-18-34-32-16-7-8-23-39(32)50-42(34)35/h1-27H. The zero-order valence-corrected chi connectivity index (χ0v) is 27.6. The topological polar surface area (TPSA) is 51.8 Å². The first-order chi connectivity index (χ1) is 24.8. The quantitative estimate of drug-likeness (QED) is 0.185. The van der Waals surface area contributed by atoms with Crippen LogP contribution in [0.15, 0.2) is 168 Å². The molecule has 3 aromatic heterocycles. The van der Waals surface area contributed by atoms with Gasteiger partial charge < -0.3 is 4.42 Å². The Labute approximate surface area is 292 Å². The Morgan fingerprint density at radius 3 is 1.60 bits per heavy atom. The molecule has 3 heterocycles. The molecule has 50 heavy (non-hydrogen) atoms. The maximum Gasteiger partial charge on any atom is 0.164 e. The molecule has 5 heteroatoms. The summed E-state index contributed by atoms with van der Waals surface area (Å²) in [5, 5.41) is 4.59. The SMILES string of the molecule is c1ccc(-c2ccc(-c3nc(-c4ccccc4)nc(-c4cccc5oc6cccc(-c7cccc8c7sc7ccccc78)c6c45)n3)cc2)cc1. The molecule has 10 rings (SSSR count). The minimum absolute atomic E-state index is 0.601. The van der Waals surface area contributed by atoms with Gasteiger partial charge in [0.1, 0.15) is 11.2 Å². The van der Waals surface area contributed by atoms with Gasteiger partial charge in [0.2, 0.25) is 0 Å². The van der Waals surface area contributed by atoms with Crippen molar-refractivity contribution >= 4 is 53.4 Å². The van der Waals surface area contributed by atoms with Crippen molar-refractivity contribution in [3.05, 3.63) is 164 Å². The number of furan rings is 1. The molecule has 0 aliphatic heterocycles. The van der Waals surface area contributed by atoms with E-state index in [9.17, 15) is 0 Å². The summed E-state index contributed by atoms with van der Waals surface area (Å²) in [6.07, 6.45) is 0. The fourth-order valence-electron chi connectivity index (χ4n) is 7.02. The monoisotopic (exact) mass is 657 g/mol. The summed E-state index contributed by atoms with van der Waals surface area (Å²) in [6.45, 7) is 0. The van der Waals surface area contributed by atoms with Gasteiger partial charge in [0.05, 0.1) is 0 Å². The summed E-state index contributed by atoms with van der Waals surface area (Å²) >= 11 is 1.84. The minimum Gasteiger partial charge on any atom is -0.456 e. The molecule has 0 fully saturated rings. The molecular formula is C45H27N3OS. The second-order valence-electron chi connectivity index (χ2n) is 12.4. The van der Waals surface area contributed by atoms with Gasteiger partial charge in [-0.25, -0.2) is 15.0 Å². The molecule has 0 saturated carbocycles. The number of aromatic nitrogens is 3. The van der Waals surface area contributed by atoms with Crippen LogP contribution < -0.4 is 0 Å². The number of hydrogen-bond donors (Lipinski definition) is 0. The van der Waals surface area contributed by atoms with Crippen molar-refractivity contribution in [3.8, 4) is 56.4 Å². The van der Waals surface area contributed by atoms with Crippen LogP contribution in [0.3, 0.4) is 0 Å². The first kappa shape index (κ1) is 28.6. The van der Waals surface area contributed by atoms with E-state index < -0.39 is 0 Å². The fraction of sp³-hybridized carbons (Fsp3) is 0. The molecule has 0 bridgehead atoms. The number of hydrogen-bond acceptors (Lipinski definition) is 5. The van der Waals surface area contributed by atoms with Gasteiger partial charge in [-0.2, -0.15) is 0 Å². The summed E-state index contributed by atoms with van der Waals surface area (Å²) in [5.41, 5.74) is 9.00. The lowest BCUT2D eigenvalue weighted by Crippen LogP contribution is -2.00. The summed E-state index contributed by atoms with van der Waals surface area (Å²) in [5.74, 6) is 1.84. The summed E-state index contributed by atoms with van der Waals surface area (Å²) in [6, 6.07) is 56.7. The lowest BCUT2D eigenvalue weighted by atomic mass is 9.96. The van der Waals surface area contributed by atoms with Crippen molar-refractivity contribution in [2.24, 2.45) is 0 Å². The van der Waals surface area contributed by atoms with Crippen molar-refractivity contribution < 1.29 is 4.42 Å². The molecule has 0 spiro atoms. The van der Waals surface area contributed by atoms with Crippen molar-refractivity contribution in [2.45, 2.75) is 0 Å². The Balaban J connectivity index is 1.20. The highest BCUT2D eigenvalue weighted by Crippen LogP contribution is 2.45. The molecular weight excluding hydrogens is 631 g/mol. The molecule has 0 N–H and O–H groups in total. The van der Waals surface area contributed by atoms with Gasteiger partial charge in [0.25, 0.3) is 0 Å². The number of thiophene rings is 1.